The highest BCUT2D eigenvalue weighted by atomic mass is 16.5. The van der Waals surface area contributed by atoms with E-state index in [-0.39, 0.29) is 12.6 Å². The van der Waals surface area contributed by atoms with E-state index in [1.54, 1.807) is 13.8 Å². The van der Waals surface area contributed by atoms with E-state index in [0.717, 1.165) is 11.1 Å². The largest absolute Gasteiger partial charge is 0.468 e. The Bertz CT molecular complexity index is 464. The van der Waals surface area contributed by atoms with Gasteiger partial charge in [-0.05, 0) is 31.5 Å². The predicted octanol–water partition coefficient (Wildman–Crippen LogP) is 1.48. The molecule has 1 N–H and O–H groups in total. The van der Waals surface area contributed by atoms with Gasteiger partial charge in [0.05, 0.1) is 12.5 Å². The predicted molar refractivity (Wildman–Crippen MR) is 65.4 cm³/mol. The fraction of sp³-hybridized carbons (Fsp3) is 0.357. The summed E-state index contributed by atoms with van der Waals surface area (Å²) in [6.45, 7) is 3.43. The lowest BCUT2D eigenvalue weighted by atomic mass is 9.84. The van der Waals surface area contributed by atoms with Gasteiger partial charge in [0, 0.05) is 5.56 Å². The highest BCUT2D eigenvalue weighted by Crippen LogP contribution is 2.25. The van der Waals surface area contributed by atoms with Crippen molar-refractivity contribution >= 4 is 5.97 Å². The molecule has 0 unspecified atom stereocenters. The summed E-state index contributed by atoms with van der Waals surface area (Å²) in [5, 5.41) is 8.64. The summed E-state index contributed by atoms with van der Waals surface area (Å²) in [6.07, 6.45) is 0. The summed E-state index contributed by atoms with van der Waals surface area (Å²) in [5.41, 5.74) is 0.911. The Balaban J connectivity index is 3.11. The van der Waals surface area contributed by atoms with E-state index in [1.807, 2.05) is 24.3 Å². The minimum atomic E-state index is -0.703. The standard InChI is InChI=1S/C14H16O3/c1-14(2,13(16)17-3)12-8-4-6-11(10-12)7-5-9-15/h4,6,8,10,15H,9H2,1-3H3. The second-order valence-electron chi connectivity index (χ2n) is 4.16. The van der Waals surface area contributed by atoms with Crippen LogP contribution in [0.2, 0.25) is 0 Å². The number of carbonyl (C=O) groups excluding carboxylic acids is 1. The molecule has 1 rings (SSSR count). The third-order valence-electron chi connectivity index (χ3n) is 2.59. The van der Waals surface area contributed by atoms with Gasteiger partial charge < -0.3 is 9.84 Å². The van der Waals surface area contributed by atoms with Gasteiger partial charge in [0.2, 0.25) is 0 Å². The second kappa shape index (κ2) is 5.51. The molecule has 0 aromatic heterocycles. The van der Waals surface area contributed by atoms with Crippen LogP contribution in [0, 0.1) is 11.8 Å². The minimum Gasteiger partial charge on any atom is -0.468 e. The van der Waals surface area contributed by atoms with E-state index in [4.69, 9.17) is 9.84 Å². The molecule has 1 aromatic carbocycles. The van der Waals surface area contributed by atoms with Gasteiger partial charge in [-0.15, -0.1) is 0 Å². The molecule has 0 spiro atoms. The van der Waals surface area contributed by atoms with Crippen molar-refractivity contribution in [1.29, 1.82) is 0 Å². The molecule has 0 fully saturated rings. The highest BCUT2D eigenvalue weighted by molar-refractivity contribution is 5.82. The van der Waals surface area contributed by atoms with Gasteiger partial charge in [0.1, 0.15) is 6.61 Å². The number of ether oxygens (including phenoxy) is 1. The molecule has 3 heteroatoms. The number of hydrogen-bond donors (Lipinski definition) is 1. The van der Waals surface area contributed by atoms with Crippen LogP contribution in [0.3, 0.4) is 0 Å². The van der Waals surface area contributed by atoms with Crippen molar-refractivity contribution in [1.82, 2.24) is 0 Å². The summed E-state index contributed by atoms with van der Waals surface area (Å²) >= 11 is 0. The zero-order valence-electron chi connectivity index (χ0n) is 10.3. The lowest BCUT2D eigenvalue weighted by Gasteiger charge is -2.22. The van der Waals surface area contributed by atoms with Crippen LogP contribution in [0.4, 0.5) is 0 Å². The van der Waals surface area contributed by atoms with E-state index in [2.05, 4.69) is 11.8 Å². The lowest BCUT2D eigenvalue weighted by Crippen LogP contribution is -2.30. The first-order chi connectivity index (χ1) is 8.02. The molecular weight excluding hydrogens is 216 g/mol. The second-order valence-corrected chi connectivity index (χ2v) is 4.16. The Morgan fingerprint density at radius 1 is 1.47 bits per heavy atom. The van der Waals surface area contributed by atoms with Crippen molar-refractivity contribution < 1.29 is 14.6 Å². The molecule has 1 aromatic rings. The number of aliphatic hydroxyl groups is 1. The van der Waals surface area contributed by atoms with Crippen molar-refractivity contribution in [2.75, 3.05) is 13.7 Å². The van der Waals surface area contributed by atoms with E-state index in [0.29, 0.717) is 0 Å². The van der Waals surface area contributed by atoms with Crippen LogP contribution in [-0.2, 0) is 14.9 Å². The number of methoxy groups -OCH3 is 1. The zero-order chi connectivity index (χ0) is 12.9. The molecule has 0 atom stereocenters. The Morgan fingerprint density at radius 2 is 2.18 bits per heavy atom. The van der Waals surface area contributed by atoms with Gasteiger partial charge in [0.15, 0.2) is 0 Å². The smallest absolute Gasteiger partial charge is 0.315 e. The van der Waals surface area contributed by atoms with Crippen LogP contribution >= 0.6 is 0 Å². The molecule has 0 saturated carbocycles. The molecule has 0 saturated heterocycles. The maximum Gasteiger partial charge on any atom is 0.315 e. The van der Waals surface area contributed by atoms with Crippen LogP contribution < -0.4 is 0 Å². The van der Waals surface area contributed by atoms with Crippen LogP contribution in [0.15, 0.2) is 24.3 Å². The molecule has 0 aliphatic rings. The Hall–Kier alpha value is -1.79. The van der Waals surface area contributed by atoms with Crippen LogP contribution in [-0.4, -0.2) is 24.8 Å². The molecule has 0 heterocycles. The molecule has 17 heavy (non-hydrogen) atoms. The summed E-state index contributed by atoms with van der Waals surface area (Å²) < 4.78 is 4.78. The molecule has 3 nitrogen and oxygen atoms in total. The first-order valence-electron chi connectivity index (χ1n) is 5.31. The van der Waals surface area contributed by atoms with Crippen molar-refractivity contribution in [3.05, 3.63) is 35.4 Å². The lowest BCUT2D eigenvalue weighted by molar-refractivity contribution is -0.146. The van der Waals surface area contributed by atoms with E-state index in [1.165, 1.54) is 7.11 Å². The van der Waals surface area contributed by atoms with Gasteiger partial charge >= 0.3 is 5.97 Å². The number of benzene rings is 1. The fourth-order valence-corrected chi connectivity index (χ4v) is 1.50. The van der Waals surface area contributed by atoms with Gasteiger partial charge in [-0.1, -0.05) is 24.0 Å². The average molecular weight is 232 g/mol. The molecule has 0 bridgehead atoms. The van der Waals surface area contributed by atoms with Crippen LogP contribution in [0.5, 0.6) is 0 Å². The summed E-state index contributed by atoms with van der Waals surface area (Å²) in [4.78, 5) is 11.7. The molecule has 0 aliphatic heterocycles. The number of aliphatic hydroxyl groups excluding tert-OH is 1. The van der Waals surface area contributed by atoms with Crippen molar-refractivity contribution in [2.24, 2.45) is 0 Å². The number of esters is 1. The fourth-order valence-electron chi connectivity index (χ4n) is 1.50. The average Bonchev–Trinajstić information content (AvgIpc) is 2.35. The van der Waals surface area contributed by atoms with E-state index < -0.39 is 5.41 Å². The molecule has 0 radical (unpaired) electrons. The molecular formula is C14H16O3. The van der Waals surface area contributed by atoms with Gasteiger partial charge in [-0.3, -0.25) is 4.79 Å². The highest BCUT2D eigenvalue weighted by Gasteiger charge is 2.30. The monoisotopic (exact) mass is 232 g/mol. The topological polar surface area (TPSA) is 46.5 Å². The Kier molecular flexibility index (Phi) is 4.30. The van der Waals surface area contributed by atoms with Gasteiger partial charge in [0.25, 0.3) is 0 Å². The first-order valence-corrected chi connectivity index (χ1v) is 5.31. The third kappa shape index (κ3) is 3.08. The number of hydrogen-bond acceptors (Lipinski definition) is 3. The maximum atomic E-state index is 11.7. The maximum absolute atomic E-state index is 11.7. The van der Waals surface area contributed by atoms with Gasteiger partial charge in [-0.2, -0.15) is 0 Å². The SMILES string of the molecule is COC(=O)C(C)(C)c1cccc(C#CCO)c1. The molecule has 90 valence electrons. The van der Waals surface area contributed by atoms with Crippen molar-refractivity contribution in [2.45, 2.75) is 19.3 Å². The molecule has 0 amide bonds. The summed E-state index contributed by atoms with van der Waals surface area (Å²) in [5.74, 6) is 5.10. The zero-order valence-corrected chi connectivity index (χ0v) is 10.3. The quantitative estimate of drug-likeness (QED) is 0.620. The normalized spacial score (nSPS) is 10.4. The van der Waals surface area contributed by atoms with Gasteiger partial charge in [-0.25, -0.2) is 0 Å². The van der Waals surface area contributed by atoms with Crippen LogP contribution in [0.1, 0.15) is 25.0 Å². The number of carbonyl (C=O) groups is 1. The van der Waals surface area contributed by atoms with Crippen LogP contribution in [0.25, 0.3) is 0 Å². The summed E-state index contributed by atoms with van der Waals surface area (Å²) in [6, 6.07) is 7.36. The third-order valence-corrected chi connectivity index (χ3v) is 2.59. The molecule has 0 aliphatic carbocycles. The Morgan fingerprint density at radius 3 is 2.76 bits per heavy atom. The van der Waals surface area contributed by atoms with Crippen molar-refractivity contribution in [3.63, 3.8) is 0 Å². The van der Waals surface area contributed by atoms with E-state index in [9.17, 15) is 4.79 Å². The minimum absolute atomic E-state index is 0.176. The summed E-state index contributed by atoms with van der Waals surface area (Å²) in [7, 11) is 1.37. The number of rotatable bonds is 2. The first kappa shape index (κ1) is 13.3. The van der Waals surface area contributed by atoms with E-state index >= 15 is 0 Å². The Labute approximate surface area is 101 Å². The van der Waals surface area contributed by atoms with Crippen molar-refractivity contribution in [3.8, 4) is 11.8 Å².